The number of hydrogen-bond acceptors (Lipinski definition) is 4. The molecule has 25 heavy (non-hydrogen) atoms. The van der Waals surface area contributed by atoms with Gasteiger partial charge in [0.2, 0.25) is 5.91 Å². The van der Waals surface area contributed by atoms with Gasteiger partial charge < -0.3 is 10.1 Å². The molecule has 1 fully saturated rings. The summed E-state index contributed by atoms with van der Waals surface area (Å²) in [6.07, 6.45) is 4.09. The summed E-state index contributed by atoms with van der Waals surface area (Å²) in [5.74, 6) is 1.08. The molecule has 1 aliphatic carbocycles. The molecule has 2 atom stereocenters. The van der Waals surface area contributed by atoms with Crippen molar-refractivity contribution in [1.29, 1.82) is 0 Å². The van der Waals surface area contributed by atoms with Gasteiger partial charge in [-0.3, -0.25) is 9.36 Å². The molecule has 1 aliphatic rings. The van der Waals surface area contributed by atoms with Crippen molar-refractivity contribution in [2.75, 3.05) is 12.4 Å². The summed E-state index contributed by atoms with van der Waals surface area (Å²) in [5, 5.41) is 10.6. The van der Waals surface area contributed by atoms with Gasteiger partial charge in [-0.05, 0) is 42.2 Å². The Labute approximate surface area is 145 Å². The molecule has 6 nitrogen and oxygen atoms in total. The van der Waals surface area contributed by atoms with E-state index in [1.165, 1.54) is 0 Å². The Hall–Kier alpha value is -3.15. The summed E-state index contributed by atoms with van der Waals surface area (Å²) < 4.78 is 7.20. The first kappa shape index (κ1) is 15.4. The monoisotopic (exact) mass is 334 g/mol. The topological polar surface area (TPSA) is 69.0 Å². The minimum absolute atomic E-state index is 0.0186. The Morgan fingerprint density at radius 3 is 2.76 bits per heavy atom. The van der Waals surface area contributed by atoms with Crippen LogP contribution in [0.2, 0.25) is 0 Å². The summed E-state index contributed by atoms with van der Waals surface area (Å²) in [6, 6.07) is 15.5. The van der Waals surface area contributed by atoms with E-state index in [0.717, 1.165) is 29.1 Å². The summed E-state index contributed by atoms with van der Waals surface area (Å²) >= 11 is 0. The summed E-state index contributed by atoms with van der Waals surface area (Å²) in [5.41, 5.74) is 2.77. The number of aromatic nitrogens is 3. The fraction of sp³-hybridized carbons (Fsp3) is 0.211. The molecule has 1 aromatic heterocycles. The Morgan fingerprint density at radius 2 is 1.96 bits per heavy atom. The van der Waals surface area contributed by atoms with Crippen molar-refractivity contribution in [2.45, 2.75) is 12.3 Å². The highest BCUT2D eigenvalue weighted by atomic mass is 16.5. The molecule has 0 bridgehead atoms. The first-order chi connectivity index (χ1) is 12.3. The van der Waals surface area contributed by atoms with E-state index in [1.54, 1.807) is 24.3 Å². The van der Waals surface area contributed by atoms with Crippen molar-refractivity contribution in [1.82, 2.24) is 14.8 Å². The molecular formula is C19H18N4O2. The SMILES string of the molecule is COc1ccccc1C1CC1C(=O)Nc1cccc(-n2cnnc2)c1. The van der Waals surface area contributed by atoms with Crippen molar-refractivity contribution in [3.63, 3.8) is 0 Å². The second kappa shape index (κ2) is 6.39. The zero-order valence-electron chi connectivity index (χ0n) is 13.8. The largest absolute Gasteiger partial charge is 0.496 e. The quantitative estimate of drug-likeness (QED) is 0.779. The first-order valence-corrected chi connectivity index (χ1v) is 8.15. The van der Waals surface area contributed by atoms with E-state index in [4.69, 9.17) is 4.74 Å². The number of nitrogens with zero attached hydrogens (tertiary/aromatic N) is 3. The van der Waals surface area contributed by atoms with E-state index >= 15 is 0 Å². The molecule has 0 saturated heterocycles. The molecule has 4 rings (SSSR count). The Kier molecular flexibility index (Phi) is 3.93. The lowest BCUT2D eigenvalue weighted by molar-refractivity contribution is -0.117. The van der Waals surface area contributed by atoms with Crippen LogP contribution >= 0.6 is 0 Å². The third kappa shape index (κ3) is 3.10. The van der Waals surface area contributed by atoms with Crippen LogP contribution in [0, 0.1) is 5.92 Å². The van der Waals surface area contributed by atoms with Gasteiger partial charge in [-0.2, -0.15) is 0 Å². The fourth-order valence-corrected chi connectivity index (χ4v) is 3.11. The lowest BCUT2D eigenvalue weighted by atomic mass is 10.1. The van der Waals surface area contributed by atoms with Crippen molar-refractivity contribution >= 4 is 11.6 Å². The van der Waals surface area contributed by atoms with E-state index in [0.29, 0.717) is 0 Å². The molecule has 2 unspecified atom stereocenters. The van der Waals surface area contributed by atoms with Gasteiger partial charge in [-0.25, -0.2) is 0 Å². The van der Waals surface area contributed by atoms with Crippen LogP contribution in [0.4, 0.5) is 5.69 Å². The van der Waals surface area contributed by atoms with Crippen LogP contribution in [0.15, 0.2) is 61.2 Å². The standard InChI is InChI=1S/C19H18N4O2/c1-25-18-8-3-2-7-15(18)16-10-17(16)19(24)22-13-5-4-6-14(9-13)23-11-20-21-12-23/h2-9,11-12,16-17H,10H2,1H3,(H,22,24). The molecule has 0 radical (unpaired) electrons. The predicted molar refractivity (Wildman–Crippen MR) is 93.8 cm³/mol. The number of ether oxygens (including phenoxy) is 1. The number of nitrogens with one attached hydrogen (secondary N) is 1. The number of benzene rings is 2. The minimum Gasteiger partial charge on any atom is -0.496 e. The fourth-order valence-electron chi connectivity index (χ4n) is 3.11. The smallest absolute Gasteiger partial charge is 0.228 e. The zero-order valence-corrected chi connectivity index (χ0v) is 13.8. The molecule has 126 valence electrons. The first-order valence-electron chi connectivity index (χ1n) is 8.15. The van der Waals surface area contributed by atoms with Gasteiger partial charge in [0.1, 0.15) is 18.4 Å². The van der Waals surface area contributed by atoms with Crippen molar-refractivity contribution < 1.29 is 9.53 Å². The highest BCUT2D eigenvalue weighted by Crippen LogP contribution is 2.50. The highest BCUT2D eigenvalue weighted by molar-refractivity contribution is 5.95. The maximum atomic E-state index is 12.6. The summed E-state index contributed by atoms with van der Waals surface area (Å²) in [7, 11) is 1.66. The molecule has 0 spiro atoms. The van der Waals surface area contributed by atoms with Gasteiger partial charge in [-0.15, -0.1) is 10.2 Å². The predicted octanol–water partition coefficient (Wildman–Crippen LogP) is 3.02. The molecule has 1 amide bonds. The van der Waals surface area contributed by atoms with Crippen LogP contribution < -0.4 is 10.1 Å². The van der Waals surface area contributed by atoms with Crippen LogP contribution in [-0.2, 0) is 4.79 Å². The van der Waals surface area contributed by atoms with Crippen molar-refractivity contribution in [3.8, 4) is 11.4 Å². The lowest BCUT2D eigenvalue weighted by Crippen LogP contribution is -2.14. The van der Waals surface area contributed by atoms with Gasteiger partial charge in [0.25, 0.3) is 0 Å². The Bertz CT molecular complexity index is 892. The van der Waals surface area contributed by atoms with E-state index in [1.807, 2.05) is 48.5 Å². The molecule has 2 aromatic carbocycles. The molecule has 0 aliphatic heterocycles. The second-order valence-corrected chi connectivity index (χ2v) is 6.10. The van der Waals surface area contributed by atoms with Gasteiger partial charge in [-0.1, -0.05) is 24.3 Å². The van der Waals surface area contributed by atoms with Crippen LogP contribution in [0.1, 0.15) is 17.9 Å². The third-order valence-corrected chi connectivity index (χ3v) is 4.50. The minimum atomic E-state index is -0.0186. The Balaban J connectivity index is 1.46. The molecule has 1 heterocycles. The summed E-state index contributed by atoms with van der Waals surface area (Å²) in [6.45, 7) is 0. The average molecular weight is 334 g/mol. The van der Waals surface area contributed by atoms with Crippen LogP contribution in [0.5, 0.6) is 5.75 Å². The maximum Gasteiger partial charge on any atom is 0.228 e. The van der Waals surface area contributed by atoms with E-state index < -0.39 is 0 Å². The van der Waals surface area contributed by atoms with Crippen LogP contribution in [0.25, 0.3) is 5.69 Å². The molecule has 1 saturated carbocycles. The van der Waals surface area contributed by atoms with Gasteiger partial charge in [0.05, 0.1) is 12.8 Å². The number of hydrogen-bond donors (Lipinski definition) is 1. The van der Waals surface area contributed by atoms with E-state index in [2.05, 4.69) is 15.5 Å². The number of carbonyl (C=O) groups is 1. The van der Waals surface area contributed by atoms with E-state index in [9.17, 15) is 4.79 Å². The van der Waals surface area contributed by atoms with Gasteiger partial charge >= 0.3 is 0 Å². The highest BCUT2D eigenvalue weighted by Gasteiger charge is 2.45. The lowest BCUT2D eigenvalue weighted by Gasteiger charge is -2.09. The Morgan fingerprint density at radius 1 is 1.16 bits per heavy atom. The van der Waals surface area contributed by atoms with Crippen LogP contribution in [0.3, 0.4) is 0 Å². The number of carbonyl (C=O) groups excluding carboxylic acids is 1. The van der Waals surface area contributed by atoms with E-state index in [-0.39, 0.29) is 17.7 Å². The van der Waals surface area contributed by atoms with Crippen LogP contribution in [-0.4, -0.2) is 27.8 Å². The van der Waals surface area contributed by atoms with Crippen molar-refractivity contribution in [3.05, 3.63) is 66.7 Å². The number of methoxy groups -OCH3 is 1. The number of para-hydroxylation sites is 1. The maximum absolute atomic E-state index is 12.6. The van der Waals surface area contributed by atoms with Gasteiger partial charge in [0, 0.05) is 11.6 Å². The number of anilines is 1. The normalized spacial score (nSPS) is 18.6. The summed E-state index contributed by atoms with van der Waals surface area (Å²) in [4.78, 5) is 12.6. The molecular weight excluding hydrogens is 316 g/mol. The molecule has 3 aromatic rings. The second-order valence-electron chi connectivity index (χ2n) is 6.10. The zero-order chi connectivity index (χ0) is 17.2. The molecule has 6 heteroatoms. The number of rotatable bonds is 5. The average Bonchev–Trinajstić information content (AvgIpc) is 3.26. The van der Waals surface area contributed by atoms with Gasteiger partial charge in [0.15, 0.2) is 0 Å². The number of amides is 1. The molecule has 1 N–H and O–H groups in total. The van der Waals surface area contributed by atoms with Crippen molar-refractivity contribution in [2.24, 2.45) is 5.92 Å². The third-order valence-electron chi connectivity index (χ3n) is 4.50.